The van der Waals surface area contributed by atoms with Crippen LogP contribution in [0.3, 0.4) is 0 Å². The first-order valence-electron chi connectivity index (χ1n) is 8.95. The van der Waals surface area contributed by atoms with Crippen molar-refractivity contribution in [3.63, 3.8) is 0 Å². The minimum Gasteiger partial charge on any atom is -0.444 e. The van der Waals surface area contributed by atoms with Crippen molar-refractivity contribution in [1.82, 2.24) is 15.3 Å². The number of amides is 2. The van der Waals surface area contributed by atoms with Crippen molar-refractivity contribution in [2.24, 2.45) is 0 Å². The van der Waals surface area contributed by atoms with Crippen LogP contribution in [-0.4, -0.2) is 41.2 Å². The van der Waals surface area contributed by atoms with E-state index < -0.39 is 23.4 Å². The molecule has 0 fully saturated rings. The summed E-state index contributed by atoms with van der Waals surface area (Å²) in [5, 5.41) is 5.48. The van der Waals surface area contributed by atoms with E-state index in [9.17, 15) is 9.59 Å². The predicted molar refractivity (Wildman–Crippen MR) is 97.7 cm³/mol. The summed E-state index contributed by atoms with van der Waals surface area (Å²) in [5.74, 6) is 0. The molecule has 1 aromatic heterocycles. The largest absolute Gasteiger partial charge is 0.444 e. The van der Waals surface area contributed by atoms with Crippen LogP contribution in [0.25, 0.3) is 0 Å². The number of aryl methyl sites for hydroxylation is 1. The van der Waals surface area contributed by atoms with Gasteiger partial charge in [0, 0.05) is 25.6 Å². The maximum Gasteiger partial charge on any atom is 0.407 e. The zero-order valence-electron chi connectivity index (χ0n) is 16.8. The van der Waals surface area contributed by atoms with Crippen molar-refractivity contribution in [1.29, 1.82) is 0 Å². The number of hydrogen-bond donors (Lipinski definition) is 2. The quantitative estimate of drug-likeness (QED) is 0.570. The summed E-state index contributed by atoms with van der Waals surface area (Å²) in [6.45, 7) is 13.4. The summed E-state index contributed by atoms with van der Waals surface area (Å²) in [4.78, 5) is 23.2. The molecule has 0 spiro atoms. The van der Waals surface area contributed by atoms with Crippen LogP contribution in [-0.2, 0) is 22.6 Å². The third kappa shape index (κ3) is 9.90. The normalized spacial score (nSPS) is 11.8. The number of hydrogen-bond acceptors (Lipinski definition) is 4. The molecule has 0 aliphatic rings. The highest BCUT2D eigenvalue weighted by Gasteiger charge is 2.17. The maximum absolute atomic E-state index is 11.6. The van der Waals surface area contributed by atoms with Crippen LogP contribution in [0.15, 0.2) is 18.5 Å². The first-order valence-corrected chi connectivity index (χ1v) is 8.95. The molecule has 0 saturated carbocycles. The van der Waals surface area contributed by atoms with E-state index in [1.807, 2.05) is 69.4 Å². The molecule has 148 valence electrons. The molecular weight excluding hydrogens is 336 g/mol. The molecule has 8 nitrogen and oxygen atoms in total. The standard InChI is InChI=1S/C18H32N4O4/c1-17(2,3)25-15(23)19-9-7-11-21-12-8-13-22(21)14-10-20-16(24)26-18(4,5)6/h8,12-13H,7,9-11,14H2,1-6H3,(H-,19,20,23,24)/p+1. The Balaban J connectivity index is 2.29. The van der Waals surface area contributed by atoms with E-state index in [1.165, 1.54) is 0 Å². The fourth-order valence-corrected chi connectivity index (χ4v) is 2.15. The molecule has 8 heteroatoms. The molecule has 0 bridgehead atoms. The molecule has 1 heterocycles. The van der Waals surface area contributed by atoms with Gasteiger partial charge < -0.3 is 20.1 Å². The van der Waals surface area contributed by atoms with Crippen LogP contribution in [0.5, 0.6) is 0 Å². The van der Waals surface area contributed by atoms with Gasteiger partial charge in [-0.1, -0.05) is 0 Å². The van der Waals surface area contributed by atoms with E-state index in [2.05, 4.69) is 10.6 Å². The van der Waals surface area contributed by atoms with Gasteiger partial charge in [-0.05, 0) is 41.5 Å². The van der Waals surface area contributed by atoms with E-state index in [1.54, 1.807) is 0 Å². The van der Waals surface area contributed by atoms with Gasteiger partial charge >= 0.3 is 12.2 Å². The molecule has 0 aliphatic heterocycles. The Bertz CT molecular complexity index is 585. The Morgan fingerprint density at radius 2 is 1.50 bits per heavy atom. The number of ether oxygens (including phenoxy) is 2. The Morgan fingerprint density at radius 1 is 0.962 bits per heavy atom. The lowest BCUT2D eigenvalue weighted by Crippen LogP contribution is -2.45. The average Bonchev–Trinajstić information content (AvgIpc) is 2.87. The highest BCUT2D eigenvalue weighted by Crippen LogP contribution is 2.06. The molecule has 0 radical (unpaired) electrons. The van der Waals surface area contributed by atoms with Crippen LogP contribution in [0.4, 0.5) is 9.59 Å². The van der Waals surface area contributed by atoms with Gasteiger partial charge in [-0.15, -0.1) is 4.68 Å². The van der Waals surface area contributed by atoms with Gasteiger partial charge in [-0.3, -0.25) is 0 Å². The van der Waals surface area contributed by atoms with Crippen molar-refractivity contribution in [3.05, 3.63) is 18.5 Å². The van der Waals surface area contributed by atoms with Crippen LogP contribution in [0, 0.1) is 0 Å². The van der Waals surface area contributed by atoms with Gasteiger partial charge in [-0.25, -0.2) is 9.59 Å². The lowest BCUT2D eigenvalue weighted by Gasteiger charge is -2.19. The molecule has 0 atom stereocenters. The minimum atomic E-state index is -0.501. The Labute approximate surface area is 155 Å². The van der Waals surface area contributed by atoms with Gasteiger partial charge in [0.05, 0.1) is 12.7 Å². The fraction of sp³-hybridized carbons (Fsp3) is 0.722. The third-order valence-corrected chi connectivity index (χ3v) is 3.09. The lowest BCUT2D eigenvalue weighted by molar-refractivity contribution is -0.775. The van der Waals surface area contributed by atoms with Gasteiger partial charge in [0.25, 0.3) is 0 Å². The van der Waals surface area contributed by atoms with E-state index in [-0.39, 0.29) is 0 Å². The molecule has 0 aliphatic carbocycles. The average molecular weight is 369 g/mol. The molecule has 0 aromatic carbocycles. The molecule has 26 heavy (non-hydrogen) atoms. The van der Waals surface area contributed by atoms with E-state index >= 15 is 0 Å². The van der Waals surface area contributed by atoms with Crippen molar-refractivity contribution in [2.75, 3.05) is 13.1 Å². The number of carbonyl (C=O) groups is 2. The van der Waals surface area contributed by atoms with Crippen molar-refractivity contribution < 1.29 is 23.7 Å². The van der Waals surface area contributed by atoms with Crippen molar-refractivity contribution in [2.45, 2.75) is 72.3 Å². The summed E-state index contributed by atoms with van der Waals surface area (Å²) in [6, 6.07) is 1.94. The number of nitrogens with zero attached hydrogens (tertiary/aromatic N) is 2. The Hall–Kier alpha value is -2.25. The maximum atomic E-state index is 11.6. The van der Waals surface area contributed by atoms with E-state index in [0.717, 1.165) is 13.0 Å². The van der Waals surface area contributed by atoms with Gasteiger partial charge in [0.1, 0.15) is 11.2 Å². The van der Waals surface area contributed by atoms with Crippen LogP contribution >= 0.6 is 0 Å². The fourth-order valence-electron chi connectivity index (χ4n) is 2.15. The number of alkyl carbamates (subject to hydrolysis) is 2. The molecule has 1 aromatic rings. The van der Waals surface area contributed by atoms with Crippen LogP contribution in [0.1, 0.15) is 48.0 Å². The van der Waals surface area contributed by atoms with Crippen LogP contribution in [0.2, 0.25) is 0 Å². The second-order valence-corrected chi connectivity index (χ2v) is 8.03. The number of carbonyl (C=O) groups excluding carboxylic acids is 2. The second kappa shape index (κ2) is 9.45. The van der Waals surface area contributed by atoms with Gasteiger partial charge in [-0.2, -0.15) is 4.68 Å². The SMILES string of the molecule is CC(C)(C)OC(=O)NCCC[n+]1cccn1CCNC(=O)OC(C)(C)C. The Kier molecular flexibility index (Phi) is 7.92. The van der Waals surface area contributed by atoms with Crippen molar-refractivity contribution >= 4 is 12.2 Å². The number of nitrogens with one attached hydrogen (secondary N) is 2. The van der Waals surface area contributed by atoms with Crippen LogP contribution < -0.4 is 15.3 Å². The molecule has 2 amide bonds. The topological polar surface area (TPSA) is 85.5 Å². The Morgan fingerprint density at radius 3 is 2.04 bits per heavy atom. The second-order valence-electron chi connectivity index (χ2n) is 8.03. The third-order valence-electron chi connectivity index (χ3n) is 3.09. The van der Waals surface area contributed by atoms with E-state index in [0.29, 0.717) is 19.6 Å². The molecular formula is C18H33N4O4+. The number of aromatic nitrogens is 2. The highest BCUT2D eigenvalue weighted by molar-refractivity contribution is 5.67. The van der Waals surface area contributed by atoms with Crippen molar-refractivity contribution in [3.8, 4) is 0 Å². The zero-order valence-corrected chi connectivity index (χ0v) is 16.8. The first-order chi connectivity index (χ1) is 12.0. The summed E-state index contributed by atoms with van der Waals surface area (Å²) >= 11 is 0. The molecule has 0 saturated heterocycles. The van der Waals surface area contributed by atoms with E-state index in [4.69, 9.17) is 9.47 Å². The number of rotatable bonds is 7. The summed E-state index contributed by atoms with van der Waals surface area (Å²) in [5.41, 5.74) is -0.993. The monoisotopic (exact) mass is 369 g/mol. The predicted octanol–water partition coefficient (Wildman–Crippen LogP) is 2.22. The smallest absolute Gasteiger partial charge is 0.407 e. The molecule has 1 rings (SSSR count). The summed E-state index contributed by atoms with van der Waals surface area (Å²) < 4.78 is 14.4. The first kappa shape index (κ1) is 21.8. The summed E-state index contributed by atoms with van der Waals surface area (Å²) in [6.07, 6.45) is 3.85. The molecule has 0 unspecified atom stereocenters. The minimum absolute atomic E-state index is 0.403. The zero-order chi connectivity index (χ0) is 19.8. The highest BCUT2D eigenvalue weighted by atomic mass is 16.6. The summed E-state index contributed by atoms with van der Waals surface area (Å²) in [7, 11) is 0. The van der Waals surface area contributed by atoms with Gasteiger partial charge in [0.2, 0.25) is 0 Å². The molecule has 2 N–H and O–H groups in total. The van der Waals surface area contributed by atoms with Gasteiger partial charge in [0.15, 0.2) is 12.7 Å². The lowest BCUT2D eigenvalue weighted by atomic mass is 10.2.